The number of carboxylic acids is 6. The number of rotatable bonds is 0. The standard InChI is InChI=1S/3C2H2O4.Al.3K/c3*3-1(4)2(5)6;;;;/h3*(H,3,4)(H,5,6);;;;/q;;;+3;3*+1/p-6. The molecular formula is C6AlK3O12. The van der Waals surface area contributed by atoms with E-state index >= 15 is 0 Å². The third-order valence-corrected chi connectivity index (χ3v) is 0.500. The predicted molar refractivity (Wildman–Crippen MR) is 35.8 cm³/mol. The number of aliphatic carboxylic acids is 6. The first-order valence-corrected chi connectivity index (χ1v) is 3.20. The zero-order valence-electron chi connectivity index (χ0n) is 11.5. The maximum absolute atomic E-state index is 8.93. The number of carboxylic acid groups (broad SMARTS) is 6. The van der Waals surface area contributed by atoms with Crippen LogP contribution in [0.15, 0.2) is 0 Å². The molecule has 0 fully saturated rings. The molecule has 16 heteroatoms. The van der Waals surface area contributed by atoms with E-state index in [-0.39, 0.29) is 172 Å². The second-order valence-corrected chi connectivity index (χ2v) is 1.72. The van der Waals surface area contributed by atoms with Gasteiger partial charge in [-0.3, -0.25) is 0 Å². The molecule has 0 aliphatic heterocycles. The summed E-state index contributed by atoms with van der Waals surface area (Å²) in [6, 6.07) is 0. The van der Waals surface area contributed by atoms with Crippen molar-refractivity contribution in [3.63, 3.8) is 0 Å². The van der Waals surface area contributed by atoms with Crippen LogP contribution in [0.25, 0.3) is 0 Å². The van der Waals surface area contributed by atoms with E-state index in [1.165, 1.54) is 0 Å². The number of hydrogen-bond donors (Lipinski definition) is 0. The van der Waals surface area contributed by atoms with Gasteiger partial charge in [-0.15, -0.1) is 0 Å². The van der Waals surface area contributed by atoms with E-state index in [9.17, 15) is 0 Å². The van der Waals surface area contributed by atoms with Gasteiger partial charge >= 0.3 is 172 Å². The van der Waals surface area contributed by atoms with Gasteiger partial charge in [-0.25, -0.2) is 0 Å². The Morgan fingerprint density at radius 3 is 0.409 bits per heavy atom. The molecule has 0 N–H and O–H groups in total. The Hall–Kier alpha value is 2.26. The van der Waals surface area contributed by atoms with Crippen molar-refractivity contribution in [2.75, 3.05) is 0 Å². The van der Waals surface area contributed by atoms with Crippen LogP contribution < -0.4 is 185 Å². The first kappa shape index (κ1) is 44.1. The summed E-state index contributed by atoms with van der Waals surface area (Å²) in [5.74, 6) is -13.1. The fraction of sp³-hybridized carbons (Fsp3) is 0. The second kappa shape index (κ2) is 28.1. The molecule has 0 aromatic carbocycles. The van der Waals surface area contributed by atoms with Gasteiger partial charge in [0.1, 0.15) is 0 Å². The van der Waals surface area contributed by atoms with E-state index in [0.29, 0.717) is 0 Å². The van der Waals surface area contributed by atoms with Crippen LogP contribution >= 0.6 is 0 Å². The van der Waals surface area contributed by atoms with E-state index in [1.54, 1.807) is 0 Å². The molecule has 0 amide bonds. The zero-order chi connectivity index (χ0) is 15.5. The smallest absolute Gasteiger partial charge is 0.543 e. The molecule has 22 heavy (non-hydrogen) atoms. The molecule has 0 aliphatic carbocycles. The van der Waals surface area contributed by atoms with Crippen LogP contribution in [0.2, 0.25) is 0 Å². The molecule has 102 valence electrons. The summed E-state index contributed by atoms with van der Waals surface area (Å²) in [5, 5.41) is 53.6. The van der Waals surface area contributed by atoms with Gasteiger partial charge in [0.15, 0.2) is 0 Å². The summed E-state index contributed by atoms with van der Waals surface area (Å²) >= 11 is 0. The van der Waals surface area contributed by atoms with Gasteiger partial charge in [0.05, 0.1) is 35.8 Å². The van der Waals surface area contributed by atoms with Crippen molar-refractivity contribution in [2.45, 2.75) is 0 Å². The van der Waals surface area contributed by atoms with Crippen molar-refractivity contribution in [3.05, 3.63) is 0 Å². The van der Waals surface area contributed by atoms with Crippen LogP contribution in [0, 0.1) is 0 Å². The Labute approximate surface area is 260 Å². The number of carbonyl (C=O) groups is 6. The summed E-state index contributed by atoms with van der Waals surface area (Å²) in [6.45, 7) is 0. The Kier molecular flexibility index (Phi) is 56.2. The minimum atomic E-state index is -2.19. The predicted octanol–water partition coefficient (Wildman–Crippen LogP) is -19.9. The van der Waals surface area contributed by atoms with Crippen LogP contribution in [-0.2, 0) is 28.8 Å². The average Bonchev–Trinajstić information content (AvgIpc) is 2.18. The fourth-order valence-corrected chi connectivity index (χ4v) is 0. The minimum Gasteiger partial charge on any atom is -0.543 e. The molecule has 0 aromatic heterocycles. The van der Waals surface area contributed by atoms with Gasteiger partial charge in [0.25, 0.3) is 0 Å². The quantitative estimate of drug-likeness (QED) is 0.268. The van der Waals surface area contributed by atoms with Crippen molar-refractivity contribution in [2.24, 2.45) is 0 Å². The SMILES string of the molecule is O=C([O-])C(=O)[O-].O=C([O-])C(=O)[O-].O=C([O-])C(=O)[O-].[Al+3].[K+].[K+].[K+]. The van der Waals surface area contributed by atoms with Crippen molar-refractivity contribution >= 4 is 53.2 Å². The molecule has 0 saturated carbocycles. The molecule has 0 radical (unpaired) electrons. The fourth-order valence-electron chi connectivity index (χ4n) is 0. The van der Waals surface area contributed by atoms with E-state index in [0.717, 1.165) is 0 Å². The summed E-state index contributed by atoms with van der Waals surface area (Å²) in [7, 11) is 0. The average molecular weight is 408 g/mol. The van der Waals surface area contributed by atoms with Gasteiger partial charge in [0, 0.05) is 0 Å². The second-order valence-electron chi connectivity index (χ2n) is 1.72. The Balaban J connectivity index is -0.0000000281. The topological polar surface area (TPSA) is 241 Å². The molecule has 0 aromatic rings. The molecule has 12 nitrogen and oxygen atoms in total. The van der Waals surface area contributed by atoms with E-state index < -0.39 is 35.8 Å². The molecule has 0 saturated heterocycles. The van der Waals surface area contributed by atoms with Crippen LogP contribution in [-0.4, -0.2) is 53.2 Å². The molecule has 0 heterocycles. The normalized spacial score (nSPS) is 6.00. The largest absolute Gasteiger partial charge is 3.00 e. The maximum atomic E-state index is 8.93. The minimum absolute atomic E-state index is 0. The van der Waals surface area contributed by atoms with Crippen molar-refractivity contribution < 1.29 is 214 Å². The van der Waals surface area contributed by atoms with Gasteiger partial charge in [-0.2, -0.15) is 0 Å². The van der Waals surface area contributed by atoms with Crippen molar-refractivity contribution in [1.82, 2.24) is 0 Å². The molecule has 0 bridgehead atoms. The Bertz CT molecular complexity index is 290. The van der Waals surface area contributed by atoms with E-state index in [2.05, 4.69) is 0 Å². The van der Waals surface area contributed by atoms with Gasteiger partial charge in [-0.05, 0) is 0 Å². The third-order valence-electron chi connectivity index (χ3n) is 0.500. The molecule has 0 spiro atoms. The summed E-state index contributed by atoms with van der Waals surface area (Å²) < 4.78 is 0. The Morgan fingerprint density at radius 2 is 0.409 bits per heavy atom. The number of carbonyl (C=O) groups excluding carboxylic acids is 6. The Morgan fingerprint density at radius 1 is 0.364 bits per heavy atom. The summed E-state index contributed by atoms with van der Waals surface area (Å²) in [5.41, 5.74) is 0. The summed E-state index contributed by atoms with van der Waals surface area (Å²) in [4.78, 5) is 53.6. The van der Waals surface area contributed by atoms with Gasteiger partial charge in [0.2, 0.25) is 0 Å². The van der Waals surface area contributed by atoms with Crippen LogP contribution in [0.5, 0.6) is 0 Å². The van der Waals surface area contributed by atoms with E-state index in [4.69, 9.17) is 59.4 Å². The van der Waals surface area contributed by atoms with Gasteiger partial charge < -0.3 is 59.4 Å². The molecule has 0 aliphatic rings. The summed E-state index contributed by atoms with van der Waals surface area (Å²) in [6.07, 6.45) is 0. The van der Waals surface area contributed by atoms with Crippen LogP contribution in [0.3, 0.4) is 0 Å². The molecule has 0 unspecified atom stereocenters. The first-order valence-electron chi connectivity index (χ1n) is 3.20. The molecular weight excluding hydrogens is 408 g/mol. The van der Waals surface area contributed by atoms with E-state index in [1.807, 2.05) is 0 Å². The number of hydrogen-bond acceptors (Lipinski definition) is 12. The first-order chi connectivity index (χ1) is 7.93. The molecule has 0 rings (SSSR count). The maximum Gasteiger partial charge on any atom is 3.00 e. The monoisotopic (exact) mass is 408 g/mol. The zero-order valence-corrected chi connectivity index (χ0v) is 22.0. The van der Waals surface area contributed by atoms with Gasteiger partial charge in [-0.1, -0.05) is 0 Å². The third kappa shape index (κ3) is 49.5. The van der Waals surface area contributed by atoms with Crippen molar-refractivity contribution in [1.29, 1.82) is 0 Å². The van der Waals surface area contributed by atoms with Crippen LogP contribution in [0.4, 0.5) is 0 Å². The van der Waals surface area contributed by atoms with Crippen LogP contribution in [0.1, 0.15) is 0 Å². The molecule has 0 atom stereocenters. The van der Waals surface area contributed by atoms with Crippen molar-refractivity contribution in [3.8, 4) is 0 Å².